The van der Waals surface area contributed by atoms with Crippen molar-refractivity contribution in [2.24, 2.45) is 0 Å². The molecule has 8 aromatic carbocycles. The summed E-state index contributed by atoms with van der Waals surface area (Å²) in [6, 6.07) is 55.3. The number of nitrogens with one attached hydrogen (secondary N) is 1. The van der Waals surface area contributed by atoms with Gasteiger partial charge in [-0.05, 0) is 86.5 Å². The Balaban J connectivity index is 1.28. The first kappa shape index (κ1) is 35.4. The number of para-hydroxylation sites is 2. The van der Waals surface area contributed by atoms with Crippen LogP contribution >= 0.6 is 0 Å². The minimum atomic E-state index is -0.721. The average molecular weight is 787 g/mol. The first-order valence-electron chi connectivity index (χ1n) is 20.9. The third-order valence-corrected chi connectivity index (χ3v) is 13.9. The fourth-order valence-electron chi connectivity index (χ4n) is 11.1. The van der Waals surface area contributed by atoms with Crippen LogP contribution in [0.15, 0.2) is 152 Å². The van der Waals surface area contributed by atoms with E-state index in [0.29, 0.717) is 16.9 Å². The molecule has 2 aliphatic carbocycles. The average Bonchev–Trinajstić information content (AvgIpc) is 3.93. The summed E-state index contributed by atoms with van der Waals surface area (Å²) in [7, 11) is 0. The Kier molecular flexibility index (Phi) is 7.11. The zero-order valence-electron chi connectivity index (χ0n) is 34.2. The number of benzene rings is 8. The van der Waals surface area contributed by atoms with Crippen LogP contribution in [0.3, 0.4) is 0 Å². The minimum Gasteiger partial charge on any atom is -0.308 e. The first-order valence-corrected chi connectivity index (χ1v) is 20.9. The molecule has 0 amide bonds. The molecule has 0 unspecified atom stereocenters. The van der Waals surface area contributed by atoms with E-state index in [4.69, 9.17) is 5.41 Å². The van der Waals surface area contributed by atoms with Crippen molar-refractivity contribution in [3.8, 4) is 50.8 Å². The Hall–Kier alpha value is -7.55. The smallest absolute Gasteiger partial charge is 0.153 e. The predicted octanol–water partition coefficient (Wildman–Crippen LogP) is 14.2. The van der Waals surface area contributed by atoms with Gasteiger partial charge in [0, 0.05) is 44.2 Å². The number of halogens is 1. The molecule has 2 heterocycles. The maximum Gasteiger partial charge on any atom is 0.153 e. The SMILES string of the molecule is CC1(C)c2ccccc2-c2cc3c4ccccc4n(-c4c(C#N)c(F)c(C=N)c(-n5c6ccccc6c6cc7c(cc65)C(C)(C)c5ccccc5-7)c4-c4ccccc4)c3cc21. The van der Waals surface area contributed by atoms with E-state index in [-0.39, 0.29) is 22.0 Å². The van der Waals surface area contributed by atoms with Gasteiger partial charge in [-0.15, -0.1) is 0 Å². The standard InChI is InChI=1S/C56H39FN4/c1-55(2)43-22-12-8-18-33(43)37-26-39-35-20-10-14-24-47(35)60(49(39)28-45(37)55)53-41(30-58)52(57)42(31-59)54(51(53)32-16-6-5-7-17-32)61-48-25-15-11-21-36(48)40-27-38-34-19-9-13-23-44(34)56(3,4)46(38)29-50(40)61/h5-30,58H,1-4H3. The second-order valence-electron chi connectivity index (χ2n) is 17.7. The zero-order valence-corrected chi connectivity index (χ0v) is 34.2. The predicted molar refractivity (Wildman–Crippen MR) is 248 cm³/mol. The van der Waals surface area contributed by atoms with E-state index < -0.39 is 5.82 Å². The van der Waals surface area contributed by atoms with Crippen LogP contribution in [0.1, 0.15) is 61.1 Å². The summed E-state index contributed by atoms with van der Waals surface area (Å²) in [6.45, 7) is 9.07. The summed E-state index contributed by atoms with van der Waals surface area (Å²) in [5.74, 6) is -0.721. The maximum absolute atomic E-state index is 17.9. The number of aromatic nitrogens is 2. The van der Waals surface area contributed by atoms with Crippen LogP contribution in [0.2, 0.25) is 0 Å². The lowest BCUT2D eigenvalue weighted by Crippen LogP contribution is -2.16. The fraction of sp³-hybridized carbons (Fsp3) is 0.107. The van der Waals surface area contributed by atoms with Crippen LogP contribution < -0.4 is 0 Å². The van der Waals surface area contributed by atoms with Crippen molar-refractivity contribution in [3.05, 3.63) is 191 Å². The van der Waals surface area contributed by atoms with Gasteiger partial charge in [0.2, 0.25) is 0 Å². The molecule has 4 nitrogen and oxygen atoms in total. The summed E-state index contributed by atoms with van der Waals surface area (Å²) in [6.07, 6.45) is 1.09. The van der Waals surface area contributed by atoms with Gasteiger partial charge in [-0.2, -0.15) is 5.26 Å². The summed E-state index contributed by atoms with van der Waals surface area (Å²) < 4.78 is 22.2. The fourth-order valence-corrected chi connectivity index (χ4v) is 11.1. The molecule has 2 aromatic heterocycles. The van der Waals surface area contributed by atoms with Crippen molar-refractivity contribution in [2.75, 3.05) is 0 Å². The summed E-state index contributed by atoms with van der Waals surface area (Å²) in [5, 5.41) is 24.3. The molecular weight excluding hydrogens is 748 g/mol. The van der Waals surface area contributed by atoms with Gasteiger partial charge in [-0.3, -0.25) is 0 Å². The van der Waals surface area contributed by atoms with Gasteiger partial charge in [0.1, 0.15) is 11.6 Å². The summed E-state index contributed by atoms with van der Waals surface area (Å²) in [4.78, 5) is 0. The lowest BCUT2D eigenvalue weighted by molar-refractivity contribution is 0.620. The highest BCUT2D eigenvalue weighted by Gasteiger charge is 2.39. The third kappa shape index (κ3) is 4.49. The molecule has 12 rings (SSSR count). The number of hydrogen-bond acceptors (Lipinski definition) is 2. The molecule has 0 bridgehead atoms. The monoisotopic (exact) mass is 786 g/mol. The Morgan fingerprint density at radius 1 is 0.508 bits per heavy atom. The van der Waals surface area contributed by atoms with E-state index >= 15 is 4.39 Å². The Morgan fingerprint density at radius 2 is 0.967 bits per heavy atom. The van der Waals surface area contributed by atoms with Gasteiger partial charge in [0.05, 0.1) is 39.0 Å². The molecule has 0 aliphatic heterocycles. The van der Waals surface area contributed by atoms with Gasteiger partial charge in [0.15, 0.2) is 5.82 Å². The molecular formula is C56H39FN4. The highest BCUT2D eigenvalue weighted by molar-refractivity contribution is 6.15. The van der Waals surface area contributed by atoms with Crippen molar-refractivity contribution < 1.29 is 4.39 Å². The molecule has 0 atom stereocenters. The Bertz CT molecular complexity index is 3630. The first-order chi connectivity index (χ1) is 29.6. The lowest BCUT2D eigenvalue weighted by atomic mass is 9.82. The topological polar surface area (TPSA) is 57.5 Å². The van der Waals surface area contributed by atoms with E-state index in [1.165, 1.54) is 44.5 Å². The van der Waals surface area contributed by atoms with Gasteiger partial charge < -0.3 is 14.5 Å². The van der Waals surface area contributed by atoms with Crippen LogP contribution in [0.5, 0.6) is 0 Å². The quantitative estimate of drug-likeness (QED) is 0.178. The van der Waals surface area contributed by atoms with Crippen LogP contribution in [0.4, 0.5) is 4.39 Å². The number of nitrogens with zero attached hydrogens (tertiary/aromatic N) is 3. The largest absolute Gasteiger partial charge is 0.308 e. The lowest BCUT2D eigenvalue weighted by Gasteiger charge is -2.25. The molecule has 0 saturated carbocycles. The van der Waals surface area contributed by atoms with Gasteiger partial charge in [-0.1, -0.05) is 143 Å². The highest BCUT2D eigenvalue weighted by atomic mass is 19.1. The van der Waals surface area contributed by atoms with Crippen molar-refractivity contribution in [3.63, 3.8) is 0 Å². The molecule has 2 aliphatic rings. The Morgan fingerprint density at radius 3 is 1.48 bits per heavy atom. The van der Waals surface area contributed by atoms with E-state index in [9.17, 15) is 5.26 Å². The molecule has 10 aromatic rings. The molecule has 0 fully saturated rings. The second-order valence-corrected chi connectivity index (χ2v) is 17.7. The summed E-state index contributed by atoms with van der Waals surface area (Å²) in [5.41, 5.74) is 15.1. The highest BCUT2D eigenvalue weighted by Crippen LogP contribution is 2.54. The van der Waals surface area contributed by atoms with Crippen LogP contribution in [0.25, 0.3) is 88.4 Å². The van der Waals surface area contributed by atoms with Gasteiger partial charge in [-0.25, -0.2) is 4.39 Å². The van der Waals surface area contributed by atoms with Gasteiger partial charge in [0.25, 0.3) is 0 Å². The van der Waals surface area contributed by atoms with E-state index in [1.807, 2.05) is 54.6 Å². The molecule has 0 spiro atoms. The molecule has 5 heteroatoms. The van der Waals surface area contributed by atoms with Crippen LogP contribution in [-0.2, 0) is 10.8 Å². The van der Waals surface area contributed by atoms with Crippen molar-refractivity contribution in [2.45, 2.75) is 38.5 Å². The zero-order chi connectivity index (χ0) is 41.5. The van der Waals surface area contributed by atoms with Crippen LogP contribution in [0, 0.1) is 22.6 Å². The normalized spacial score (nSPS) is 14.3. The Labute approximate surface area is 352 Å². The molecule has 1 N–H and O–H groups in total. The number of hydrogen-bond donors (Lipinski definition) is 1. The molecule has 0 radical (unpaired) electrons. The minimum absolute atomic E-state index is 0.0584. The van der Waals surface area contributed by atoms with Crippen LogP contribution in [-0.4, -0.2) is 15.3 Å². The van der Waals surface area contributed by atoms with E-state index in [0.717, 1.165) is 55.4 Å². The third-order valence-electron chi connectivity index (χ3n) is 13.9. The molecule has 61 heavy (non-hydrogen) atoms. The van der Waals surface area contributed by atoms with E-state index in [2.05, 4.69) is 140 Å². The van der Waals surface area contributed by atoms with E-state index in [1.54, 1.807) is 0 Å². The van der Waals surface area contributed by atoms with Crippen molar-refractivity contribution >= 4 is 49.8 Å². The number of fused-ring (bicyclic) bond motifs is 12. The summed E-state index contributed by atoms with van der Waals surface area (Å²) >= 11 is 0. The molecule has 290 valence electrons. The van der Waals surface area contributed by atoms with Crippen molar-refractivity contribution in [1.29, 1.82) is 10.7 Å². The molecule has 0 saturated heterocycles. The second kappa shape index (κ2) is 12.3. The number of nitriles is 1. The van der Waals surface area contributed by atoms with Gasteiger partial charge >= 0.3 is 0 Å². The van der Waals surface area contributed by atoms with Crippen molar-refractivity contribution in [1.82, 2.24) is 9.13 Å². The maximum atomic E-state index is 17.9. The number of rotatable bonds is 4.